The van der Waals surface area contributed by atoms with Crippen LogP contribution >= 0.6 is 0 Å². The summed E-state index contributed by atoms with van der Waals surface area (Å²) in [6, 6.07) is 0. The third-order valence-corrected chi connectivity index (χ3v) is 1.07. The molecule has 0 aromatic heterocycles. The van der Waals surface area contributed by atoms with Gasteiger partial charge in [0.2, 0.25) is 0 Å². The number of carbonyl (C=O) groups excluding carboxylic acids is 1. The highest BCUT2D eigenvalue weighted by molar-refractivity contribution is 5.90. The third kappa shape index (κ3) is 4.11. The topological polar surface area (TPSA) is 17.1 Å². The Hall–Kier alpha value is -0.810. The molecule has 0 aliphatic rings. The lowest BCUT2D eigenvalue weighted by molar-refractivity contribution is -0.117. The smallest absolute Gasteiger partial charge is 0.165 e. The van der Waals surface area contributed by atoms with Crippen molar-refractivity contribution < 1.29 is 4.79 Å². The molecule has 1 nitrogen and oxygen atoms in total. The summed E-state index contributed by atoms with van der Waals surface area (Å²) < 4.78 is 0. The van der Waals surface area contributed by atoms with Gasteiger partial charge in [-0.3, -0.25) is 4.79 Å². The first-order chi connectivity index (χ1) is 4.54. The Balaban J connectivity index is 4.17. The maximum absolute atomic E-state index is 10.9. The van der Waals surface area contributed by atoms with Gasteiger partial charge in [0.15, 0.2) is 5.78 Å². The Morgan fingerprint density at radius 3 is 2.20 bits per heavy atom. The molecule has 1 heteroatoms. The normalized spacial score (nSPS) is 8.90. The predicted octanol–water partition coefficient (Wildman–Crippen LogP) is 2.33. The van der Waals surface area contributed by atoms with Crippen LogP contribution in [-0.2, 0) is 4.79 Å². The van der Waals surface area contributed by atoms with Crippen LogP contribution in [0.1, 0.15) is 27.7 Å². The number of allylic oxidation sites excluding steroid dienone is 1. The number of hydrogen-bond donors (Lipinski definition) is 0. The zero-order chi connectivity index (χ0) is 8.15. The van der Waals surface area contributed by atoms with Gasteiger partial charge >= 0.3 is 0 Å². The summed E-state index contributed by atoms with van der Waals surface area (Å²) >= 11 is 0. The van der Waals surface area contributed by atoms with Crippen molar-refractivity contribution in [2.24, 2.45) is 5.92 Å². The molecule has 0 bridgehead atoms. The van der Waals surface area contributed by atoms with E-state index >= 15 is 0 Å². The van der Waals surface area contributed by atoms with Crippen LogP contribution in [0.5, 0.6) is 0 Å². The Labute approximate surface area is 62.4 Å². The van der Waals surface area contributed by atoms with Crippen molar-refractivity contribution in [3.05, 3.63) is 17.4 Å². The Morgan fingerprint density at radius 2 is 1.90 bits per heavy atom. The lowest BCUT2D eigenvalue weighted by Gasteiger charge is -1.93. The van der Waals surface area contributed by atoms with Gasteiger partial charge in [-0.1, -0.05) is 13.8 Å². The first-order valence-corrected chi connectivity index (χ1v) is 3.47. The molecule has 0 fully saturated rings. The standard InChI is InChI=1S/C9H14O/c1-7(2)5-6-9(10)8(3)4/h6,8H,1-4H3. The monoisotopic (exact) mass is 138 g/mol. The maximum atomic E-state index is 10.9. The number of ketones is 1. The molecule has 0 saturated heterocycles. The first-order valence-electron chi connectivity index (χ1n) is 3.47. The van der Waals surface area contributed by atoms with E-state index < -0.39 is 0 Å². The van der Waals surface area contributed by atoms with Gasteiger partial charge in [-0.05, 0) is 19.4 Å². The van der Waals surface area contributed by atoms with E-state index in [4.69, 9.17) is 0 Å². The summed E-state index contributed by atoms with van der Waals surface area (Å²) in [5.74, 6) is 0.230. The number of rotatable bonds is 2. The van der Waals surface area contributed by atoms with Crippen molar-refractivity contribution in [2.45, 2.75) is 27.7 Å². The SMILES string of the molecule is CC(C)=C=CC(=O)C(C)C. The zero-order valence-corrected chi connectivity index (χ0v) is 7.06. The molecule has 56 valence electrons. The molecule has 10 heavy (non-hydrogen) atoms. The average molecular weight is 138 g/mol. The lowest BCUT2D eigenvalue weighted by atomic mass is 10.1. The van der Waals surface area contributed by atoms with E-state index in [2.05, 4.69) is 5.73 Å². The lowest BCUT2D eigenvalue weighted by Crippen LogP contribution is -2.01. The molecular weight excluding hydrogens is 124 g/mol. The highest BCUT2D eigenvalue weighted by Gasteiger charge is 1.99. The van der Waals surface area contributed by atoms with Crippen LogP contribution in [-0.4, -0.2) is 5.78 Å². The minimum Gasteiger partial charge on any atom is -0.294 e. The molecule has 0 aromatic rings. The number of hydrogen-bond acceptors (Lipinski definition) is 1. The van der Waals surface area contributed by atoms with Crippen LogP contribution in [0.3, 0.4) is 0 Å². The molecule has 0 saturated carbocycles. The minimum atomic E-state index is 0.0897. The van der Waals surface area contributed by atoms with E-state index in [0.29, 0.717) is 0 Å². The molecule has 0 heterocycles. The molecule has 0 N–H and O–H groups in total. The summed E-state index contributed by atoms with van der Waals surface area (Å²) in [5, 5.41) is 0. The van der Waals surface area contributed by atoms with E-state index in [1.807, 2.05) is 27.7 Å². The van der Waals surface area contributed by atoms with Gasteiger partial charge in [0.05, 0.1) is 0 Å². The number of carbonyl (C=O) groups is 1. The highest BCUT2D eigenvalue weighted by Crippen LogP contribution is 1.94. The van der Waals surface area contributed by atoms with E-state index in [9.17, 15) is 4.79 Å². The average Bonchev–Trinajstić information content (AvgIpc) is 1.82. The second-order valence-corrected chi connectivity index (χ2v) is 2.85. The van der Waals surface area contributed by atoms with Gasteiger partial charge in [0.25, 0.3) is 0 Å². The molecule has 0 spiro atoms. The van der Waals surface area contributed by atoms with E-state index in [-0.39, 0.29) is 11.7 Å². The Kier molecular flexibility index (Phi) is 3.75. The fourth-order valence-corrected chi connectivity index (χ4v) is 0.382. The fraction of sp³-hybridized carbons (Fsp3) is 0.556. The van der Waals surface area contributed by atoms with Gasteiger partial charge in [0, 0.05) is 12.0 Å². The van der Waals surface area contributed by atoms with Crippen LogP contribution in [0.15, 0.2) is 17.4 Å². The van der Waals surface area contributed by atoms with E-state index in [1.54, 1.807) is 0 Å². The summed E-state index contributed by atoms with van der Waals surface area (Å²) in [5.41, 5.74) is 3.90. The van der Waals surface area contributed by atoms with Crippen LogP contribution in [0, 0.1) is 5.92 Å². The Bertz CT molecular complexity index is 177. The summed E-state index contributed by atoms with van der Waals surface area (Å²) in [6.07, 6.45) is 1.51. The van der Waals surface area contributed by atoms with Crippen LogP contribution in [0.2, 0.25) is 0 Å². The summed E-state index contributed by atoms with van der Waals surface area (Å²) in [6.45, 7) is 7.60. The van der Waals surface area contributed by atoms with Gasteiger partial charge < -0.3 is 0 Å². The van der Waals surface area contributed by atoms with Crippen molar-refractivity contribution >= 4 is 5.78 Å². The van der Waals surface area contributed by atoms with E-state index in [0.717, 1.165) is 5.57 Å². The largest absolute Gasteiger partial charge is 0.294 e. The van der Waals surface area contributed by atoms with Crippen molar-refractivity contribution in [1.29, 1.82) is 0 Å². The second-order valence-electron chi connectivity index (χ2n) is 2.85. The van der Waals surface area contributed by atoms with Gasteiger partial charge in [0.1, 0.15) is 0 Å². The van der Waals surface area contributed by atoms with Gasteiger partial charge in [-0.25, -0.2) is 0 Å². The van der Waals surface area contributed by atoms with Crippen molar-refractivity contribution in [3.63, 3.8) is 0 Å². The van der Waals surface area contributed by atoms with Gasteiger partial charge in [-0.15, -0.1) is 5.73 Å². The zero-order valence-electron chi connectivity index (χ0n) is 7.06. The van der Waals surface area contributed by atoms with Crippen LogP contribution in [0.4, 0.5) is 0 Å². The fourth-order valence-electron chi connectivity index (χ4n) is 0.382. The van der Waals surface area contributed by atoms with Crippen molar-refractivity contribution in [3.8, 4) is 0 Å². The van der Waals surface area contributed by atoms with Crippen molar-refractivity contribution in [1.82, 2.24) is 0 Å². The molecule has 0 aliphatic heterocycles. The molecular formula is C9H14O. The predicted molar refractivity (Wildman–Crippen MR) is 42.8 cm³/mol. The quantitative estimate of drug-likeness (QED) is 0.423. The van der Waals surface area contributed by atoms with Gasteiger partial charge in [-0.2, -0.15) is 0 Å². The third-order valence-electron chi connectivity index (χ3n) is 1.07. The highest BCUT2D eigenvalue weighted by atomic mass is 16.1. The first kappa shape index (κ1) is 9.19. The van der Waals surface area contributed by atoms with E-state index in [1.165, 1.54) is 6.08 Å². The molecule has 0 radical (unpaired) electrons. The Morgan fingerprint density at radius 1 is 1.40 bits per heavy atom. The van der Waals surface area contributed by atoms with Crippen LogP contribution in [0.25, 0.3) is 0 Å². The molecule has 0 atom stereocenters. The molecule has 0 unspecified atom stereocenters. The molecule has 0 rings (SSSR count). The maximum Gasteiger partial charge on any atom is 0.165 e. The molecule has 0 aromatic carbocycles. The minimum absolute atomic E-state index is 0.0897. The summed E-state index contributed by atoms with van der Waals surface area (Å²) in [4.78, 5) is 10.9. The molecule has 0 aliphatic carbocycles. The van der Waals surface area contributed by atoms with Crippen LogP contribution < -0.4 is 0 Å². The molecule has 0 amide bonds. The van der Waals surface area contributed by atoms with Crippen molar-refractivity contribution in [2.75, 3.05) is 0 Å². The second kappa shape index (κ2) is 4.08. The summed E-state index contributed by atoms with van der Waals surface area (Å²) in [7, 11) is 0.